The molecular weight excluding hydrogens is 376 g/mol. The molecule has 11 nitrogen and oxygen atoms in total. The summed E-state index contributed by atoms with van der Waals surface area (Å²) in [5.41, 5.74) is 0. The Morgan fingerprint density at radius 2 is 0.562 bits per heavy atom. The van der Waals surface area contributed by atoms with E-state index in [1.165, 1.54) is 0 Å². The molecule has 112 valence electrons. The number of hydrogen-bond acceptors (Lipinski definition) is 8. The van der Waals surface area contributed by atoms with Gasteiger partial charge in [0.05, 0.1) is 0 Å². The summed E-state index contributed by atoms with van der Waals surface area (Å²) in [4.78, 5) is 16.7. The third-order valence-electron chi connectivity index (χ3n) is 0. The van der Waals surface area contributed by atoms with Crippen LogP contribution >= 0.6 is 0 Å². The summed E-state index contributed by atoms with van der Waals surface area (Å²) in [7, 11) is 0. The summed E-state index contributed by atoms with van der Waals surface area (Å²) >= 11 is 0. The molecule has 14 heteroatoms. The zero-order valence-electron chi connectivity index (χ0n) is 6.79. The number of carboxylic acid groups (broad SMARTS) is 4. The van der Waals surface area contributed by atoms with Gasteiger partial charge >= 0.3 is 49.5 Å². The predicted molar refractivity (Wildman–Crippen MR) is 25.5 cm³/mol. The van der Waals surface area contributed by atoms with Crippen LogP contribution in [0, 0.1) is 0 Å². The van der Waals surface area contributed by atoms with Gasteiger partial charge in [-0.2, -0.15) is 0 Å². The van der Waals surface area contributed by atoms with E-state index in [-0.39, 0.29) is 76.9 Å². The molecule has 0 radical (unpaired) electrons. The molecule has 0 rings (SSSR count). The van der Waals surface area contributed by atoms with E-state index in [0.29, 0.717) is 0 Å². The Morgan fingerprint density at radius 1 is 0.562 bits per heavy atom. The van der Waals surface area contributed by atoms with Crippen LogP contribution in [0.5, 0.6) is 0 Å². The van der Waals surface area contributed by atoms with Crippen molar-refractivity contribution in [3.8, 4) is 0 Å². The van der Waals surface area contributed by atoms with Crippen molar-refractivity contribution in [2.24, 2.45) is 0 Å². The van der Waals surface area contributed by atoms with Gasteiger partial charge in [0.1, 0.15) is 0 Å². The molecule has 0 unspecified atom stereocenters. The van der Waals surface area contributed by atoms with Gasteiger partial charge in [0.2, 0.25) is 0 Å². The van der Waals surface area contributed by atoms with E-state index in [0.717, 1.165) is 0 Å². The number of hydrogen-bond donors (Lipinski definition) is 0. The van der Waals surface area contributed by atoms with Gasteiger partial charge in [0.15, 0.2) is 0 Å². The minimum absolute atomic E-state index is 0. The normalized spacial score (nSPS) is 3.00. The molecule has 0 heterocycles. The standard InChI is InChI=1S/2CH2O3.3Ni.5H2O/c2*2-1(3)4;;;;;;;;/h2*(H2,2,3,4);;;;5*1H2/q;;3*+2;;;;;/p-6. The predicted octanol–water partition coefficient (Wildman–Crippen LogP) is -7.73. The van der Waals surface area contributed by atoms with Crippen LogP contribution in [0.3, 0.4) is 0 Å². The van der Waals surface area contributed by atoms with Crippen molar-refractivity contribution < 1.29 is 107 Å². The maximum atomic E-state index is 8.33. The summed E-state index contributed by atoms with van der Waals surface area (Å²) in [5.74, 6) is 0. The first kappa shape index (κ1) is 103. The molecule has 0 aromatic carbocycles. The topological polar surface area (TPSA) is 281 Å². The van der Waals surface area contributed by atoms with Crippen LogP contribution in [0.2, 0.25) is 0 Å². The molecule has 0 amide bonds. The van der Waals surface area contributed by atoms with Crippen molar-refractivity contribution >= 4 is 12.3 Å². The SMILES string of the molecule is O.O.O.O=C([O-])[O-].O=C([O-])[O-].[Ni+2].[Ni+2].[Ni+2].[OH-].[OH-]. The van der Waals surface area contributed by atoms with Crippen molar-refractivity contribution in [1.29, 1.82) is 0 Å². The molecule has 0 aliphatic heterocycles. The van der Waals surface area contributed by atoms with E-state index >= 15 is 0 Å². The van der Waals surface area contributed by atoms with E-state index < -0.39 is 12.3 Å². The number of carbonyl (C=O) groups is 2. The zero-order chi connectivity index (χ0) is 7.15. The van der Waals surface area contributed by atoms with Crippen LogP contribution in [0.4, 0.5) is 9.59 Å². The molecule has 0 atom stereocenters. The molecule has 0 saturated carbocycles. The molecule has 0 aliphatic rings. The maximum Gasteiger partial charge on any atom is 2.00 e. The first-order chi connectivity index (χ1) is 3.46. The second kappa shape index (κ2) is 83.6. The first-order valence-corrected chi connectivity index (χ1v) is 1.22. The average molecular weight is 384 g/mol. The fourth-order valence-electron chi connectivity index (χ4n) is 0. The Bertz CT molecular complexity index is 77.2. The monoisotopic (exact) mass is 382 g/mol. The van der Waals surface area contributed by atoms with Crippen LogP contribution in [0.25, 0.3) is 0 Å². The van der Waals surface area contributed by atoms with Gasteiger partial charge in [0.25, 0.3) is 0 Å². The number of rotatable bonds is 0. The van der Waals surface area contributed by atoms with Gasteiger partial charge in [-0.1, -0.05) is 0 Å². The van der Waals surface area contributed by atoms with Crippen LogP contribution in [0.15, 0.2) is 0 Å². The summed E-state index contributed by atoms with van der Waals surface area (Å²) < 4.78 is 0. The molecule has 16 heavy (non-hydrogen) atoms. The smallest absolute Gasteiger partial charge is 0.870 e. The molecule has 0 fully saturated rings. The zero-order valence-corrected chi connectivity index (χ0v) is 9.76. The van der Waals surface area contributed by atoms with E-state index in [1.54, 1.807) is 0 Å². The molecular formula is C2H8Ni3O11. The van der Waals surface area contributed by atoms with Crippen LogP contribution < -0.4 is 20.4 Å². The van der Waals surface area contributed by atoms with E-state index in [9.17, 15) is 0 Å². The van der Waals surface area contributed by atoms with E-state index in [2.05, 4.69) is 0 Å². The van der Waals surface area contributed by atoms with Crippen molar-refractivity contribution in [3.05, 3.63) is 0 Å². The molecule has 0 aliphatic carbocycles. The van der Waals surface area contributed by atoms with Crippen molar-refractivity contribution in [3.63, 3.8) is 0 Å². The van der Waals surface area contributed by atoms with E-state index in [1.807, 2.05) is 0 Å². The van der Waals surface area contributed by atoms with Gasteiger partial charge in [-0.05, 0) is 12.3 Å². The van der Waals surface area contributed by atoms with E-state index in [4.69, 9.17) is 30.0 Å². The minimum atomic E-state index is -2.33. The fourth-order valence-corrected chi connectivity index (χ4v) is 0. The van der Waals surface area contributed by atoms with Crippen LogP contribution in [0.1, 0.15) is 0 Å². The Morgan fingerprint density at radius 3 is 0.562 bits per heavy atom. The summed E-state index contributed by atoms with van der Waals surface area (Å²) in [6.07, 6.45) is -4.67. The summed E-state index contributed by atoms with van der Waals surface area (Å²) in [5, 5.41) is 33.3. The largest absolute Gasteiger partial charge is 2.00 e. The van der Waals surface area contributed by atoms with Gasteiger partial charge in [-0.3, -0.25) is 0 Å². The van der Waals surface area contributed by atoms with Gasteiger partial charge in [-0.25, -0.2) is 0 Å². The maximum absolute atomic E-state index is 8.33. The first-order valence-electron chi connectivity index (χ1n) is 1.22. The fraction of sp³-hybridized carbons (Fsp3) is 0. The second-order valence-electron chi connectivity index (χ2n) is 0.500. The molecule has 0 aromatic rings. The average Bonchev–Trinajstić information content (AvgIpc) is 1.25. The van der Waals surface area contributed by atoms with Crippen LogP contribution in [-0.4, -0.2) is 39.7 Å². The van der Waals surface area contributed by atoms with Crippen molar-refractivity contribution in [2.75, 3.05) is 0 Å². The third-order valence-corrected chi connectivity index (χ3v) is 0. The molecule has 0 saturated heterocycles. The Balaban J connectivity index is -0.00000000375. The minimum Gasteiger partial charge on any atom is -0.870 e. The Kier molecular flexibility index (Phi) is 536. The quantitative estimate of drug-likeness (QED) is 0.360. The van der Waals surface area contributed by atoms with Crippen LogP contribution in [-0.2, 0) is 49.5 Å². The molecule has 0 bridgehead atoms. The molecule has 8 N–H and O–H groups in total. The molecule has 0 spiro atoms. The van der Waals surface area contributed by atoms with Gasteiger partial charge < -0.3 is 57.4 Å². The summed E-state index contributed by atoms with van der Waals surface area (Å²) in [6.45, 7) is 0. The Labute approximate surface area is 119 Å². The summed E-state index contributed by atoms with van der Waals surface area (Å²) in [6, 6.07) is 0. The third kappa shape index (κ3) is 70500. The van der Waals surface area contributed by atoms with Crippen molar-refractivity contribution in [2.45, 2.75) is 0 Å². The molecule has 0 aromatic heterocycles. The van der Waals surface area contributed by atoms with Gasteiger partial charge in [-0.15, -0.1) is 0 Å². The number of carbonyl (C=O) groups excluding carboxylic acids is 2. The van der Waals surface area contributed by atoms with Gasteiger partial charge in [0, 0.05) is 0 Å². The Hall–Kier alpha value is -0.179. The van der Waals surface area contributed by atoms with Crippen molar-refractivity contribution in [1.82, 2.24) is 0 Å². The second-order valence-corrected chi connectivity index (χ2v) is 0.500.